The molecule has 4 N–H and O–H groups in total. The highest BCUT2D eigenvalue weighted by molar-refractivity contribution is 7.97. The third-order valence-electron chi connectivity index (χ3n) is 4.09. The van der Waals surface area contributed by atoms with Crippen LogP contribution in [-0.2, 0) is 6.61 Å². The van der Waals surface area contributed by atoms with Gasteiger partial charge >= 0.3 is 0 Å². The number of aromatic nitrogens is 3. The van der Waals surface area contributed by atoms with Gasteiger partial charge in [0, 0.05) is 28.2 Å². The van der Waals surface area contributed by atoms with Gasteiger partial charge < -0.3 is 10.5 Å². The molecule has 0 spiro atoms. The molecule has 0 aliphatic rings. The molecule has 2 aromatic heterocycles. The number of hydrogen-bond donors (Lipinski definition) is 2. The Bertz CT molecular complexity index is 1100. The highest BCUT2D eigenvalue weighted by atomic mass is 32.2. The lowest BCUT2D eigenvalue weighted by Gasteiger charge is -2.14. The van der Waals surface area contributed by atoms with Gasteiger partial charge in [-0.15, -0.1) is 0 Å². The van der Waals surface area contributed by atoms with Gasteiger partial charge in [-0.25, -0.2) is 14.1 Å². The smallest absolute Gasteiger partial charge is 0.166 e. The van der Waals surface area contributed by atoms with Gasteiger partial charge in [0.1, 0.15) is 12.4 Å². The van der Waals surface area contributed by atoms with Crippen LogP contribution in [0.4, 0.5) is 10.2 Å². The fourth-order valence-corrected chi connectivity index (χ4v) is 3.16. The van der Waals surface area contributed by atoms with Crippen molar-refractivity contribution in [3.63, 3.8) is 0 Å². The van der Waals surface area contributed by atoms with Crippen LogP contribution in [0, 0.1) is 5.82 Å². The maximum absolute atomic E-state index is 13.5. The van der Waals surface area contributed by atoms with Crippen LogP contribution in [0.3, 0.4) is 0 Å². The van der Waals surface area contributed by atoms with E-state index in [-0.39, 0.29) is 18.2 Å². The van der Waals surface area contributed by atoms with Crippen LogP contribution in [0.2, 0.25) is 0 Å². The second-order valence-corrected chi connectivity index (χ2v) is 6.56. The summed E-state index contributed by atoms with van der Waals surface area (Å²) in [6.45, 7) is 0.232. The monoisotopic (exact) mass is 381 g/mol. The zero-order chi connectivity index (χ0) is 18.8. The van der Waals surface area contributed by atoms with E-state index in [0.717, 1.165) is 28.1 Å². The molecule has 6 nitrogen and oxygen atoms in total. The first kappa shape index (κ1) is 17.3. The number of nitrogens with zero attached hydrogens (tertiary/aromatic N) is 3. The van der Waals surface area contributed by atoms with Crippen LogP contribution in [0.25, 0.3) is 16.6 Å². The molecular formula is C19H16FN5OS. The van der Waals surface area contributed by atoms with E-state index in [1.165, 1.54) is 12.1 Å². The summed E-state index contributed by atoms with van der Waals surface area (Å²) < 4.78 is 21.1. The summed E-state index contributed by atoms with van der Waals surface area (Å²) in [4.78, 5) is 5.18. The van der Waals surface area contributed by atoms with Crippen LogP contribution in [0.15, 0.2) is 65.8 Å². The SMILES string of the molecule is NSc1ccc(-n2cccn2)c(COc2cc3cc(F)ccc3nc2N)c1. The maximum Gasteiger partial charge on any atom is 0.166 e. The summed E-state index contributed by atoms with van der Waals surface area (Å²) in [6.07, 6.45) is 3.55. The van der Waals surface area contributed by atoms with E-state index in [9.17, 15) is 4.39 Å². The van der Waals surface area contributed by atoms with E-state index < -0.39 is 0 Å². The standard InChI is InChI=1S/C19H16FN5OS/c20-14-2-4-16-12(8-14)10-18(19(21)24-16)26-11-13-9-15(27-22)3-5-17(13)25-7-1-6-23-25/h1-10H,11,22H2,(H2,21,24). The van der Waals surface area contributed by atoms with Crippen molar-refractivity contribution in [2.45, 2.75) is 11.5 Å². The molecule has 0 amide bonds. The van der Waals surface area contributed by atoms with E-state index in [2.05, 4.69) is 10.1 Å². The normalized spacial score (nSPS) is 11.0. The zero-order valence-corrected chi connectivity index (χ0v) is 15.0. The average molecular weight is 381 g/mol. The minimum absolute atomic E-state index is 0.232. The lowest BCUT2D eigenvalue weighted by molar-refractivity contribution is 0.306. The van der Waals surface area contributed by atoms with Gasteiger partial charge in [-0.1, -0.05) is 0 Å². The number of benzene rings is 2. The largest absolute Gasteiger partial charge is 0.485 e. The molecule has 27 heavy (non-hydrogen) atoms. The highest BCUT2D eigenvalue weighted by Gasteiger charge is 2.11. The van der Waals surface area contributed by atoms with E-state index >= 15 is 0 Å². The van der Waals surface area contributed by atoms with Crippen LogP contribution in [0.5, 0.6) is 5.75 Å². The first-order valence-corrected chi connectivity index (χ1v) is 9.00. The number of ether oxygens (including phenoxy) is 1. The number of fused-ring (bicyclic) bond motifs is 1. The Kier molecular flexibility index (Phi) is 4.66. The summed E-state index contributed by atoms with van der Waals surface area (Å²) in [5.74, 6) is 0.304. The van der Waals surface area contributed by atoms with Gasteiger partial charge in [-0.2, -0.15) is 5.10 Å². The summed E-state index contributed by atoms with van der Waals surface area (Å²) in [5.41, 5.74) is 8.37. The number of nitrogen functional groups attached to an aromatic ring is 1. The molecule has 0 radical (unpaired) electrons. The van der Waals surface area contributed by atoms with Gasteiger partial charge in [-0.05, 0) is 60.5 Å². The Morgan fingerprint density at radius 2 is 2.04 bits per heavy atom. The predicted octanol–water partition coefficient (Wildman–Crippen LogP) is 3.69. The van der Waals surface area contributed by atoms with Crippen LogP contribution < -0.4 is 15.6 Å². The van der Waals surface area contributed by atoms with Crippen molar-refractivity contribution in [2.24, 2.45) is 5.14 Å². The summed E-state index contributed by atoms with van der Waals surface area (Å²) >= 11 is 1.15. The Balaban J connectivity index is 1.67. The Labute approximate surface area is 159 Å². The third-order valence-corrected chi connectivity index (χ3v) is 4.62. The van der Waals surface area contributed by atoms with Crippen LogP contribution in [-0.4, -0.2) is 14.8 Å². The molecule has 4 aromatic rings. The van der Waals surface area contributed by atoms with E-state index in [1.54, 1.807) is 23.0 Å². The first-order chi connectivity index (χ1) is 13.1. The summed E-state index contributed by atoms with van der Waals surface area (Å²) in [5, 5.41) is 10.6. The van der Waals surface area contributed by atoms with Crippen molar-refractivity contribution in [3.05, 3.63) is 72.3 Å². The quantitative estimate of drug-likeness (QED) is 0.512. The van der Waals surface area contributed by atoms with Gasteiger partial charge in [0.05, 0.1) is 11.2 Å². The molecular weight excluding hydrogens is 365 g/mol. The van der Waals surface area contributed by atoms with Crippen molar-refractivity contribution in [1.82, 2.24) is 14.8 Å². The molecule has 136 valence electrons. The molecule has 8 heteroatoms. The maximum atomic E-state index is 13.5. The predicted molar refractivity (Wildman–Crippen MR) is 104 cm³/mol. The van der Waals surface area contributed by atoms with Crippen molar-refractivity contribution in [2.75, 3.05) is 5.73 Å². The fourth-order valence-electron chi connectivity index (χ4n) is 2.80. The van der Waals surface area contributed by atoms with Gasteiger partial charge in [-0.3, -0.25) is 5.14 Å². The van der Waals surface area contributed by atoms with Crippen LogP contribution >= 0.6 is 11.9 Å². The number of hydrogen-bond acceptors (Lipinski definition) is 6. The van der Waals surface area contributed by atoms with E-state index in [1.807, 2.05) is 30.5 Å². The van der Waals surface area contributed by atoms with Gasteiger partial charge in [0.2, 0.25) is 0 Å². The number of nitrogens with two attached hydrogens (primary N) is 2. The minimum atomic E-state index is -0.339. The Morgan fingerprint density at radius 3 is 2.81 bits per heavy atom. The molecule has 2 heterocycles. The molecule has 0 atom stereocenters. The molecule has 0 aliphatic carbocycles. The molecule has 0 fully saturated rings. The minimum Gasteiger partial charge on any atom is -0.485 e. The Hall–Kier alpha value is -3.10. The fraction of sp³-hybridized carbons (Fsp3) is 0.0526. The lowest BCUT2D eigenvalue weighted by atomic mass is 10.2. The molecule has 4 rings (SSSR count). The third kappa shape index (κ3) is 3.57. The topological polar surface area (TPSA) is 92.0 Å². The molecule has 0 bridgehead atoms. The second kappa shape index (κ2) is 7.26. The van der Waals surface area contributed by atoms with E-state index in [0.29, 0.717) is 16.7 Å². The lowest BCUT2D eigenvalue weighted by Crippen LogP contribution is -2.06. The number of rotatable bonds is 5. The molecule has 0 saturated carbocycles. The second-order valence-electron chi connectivity index (χ2n) is 5.86. The van der Waals surface area contributed by atoms with Gasteiger partial charge in [0.25, 0.3) is 0 Å². The highest BCUT2D eigenvalue weighted by Crippen LogP contribution is 2.28. The molecule has 0 aliphatic heterocycles. The summed E-state index contributed by atoms with van der Waals surface area (Å²) in [6, 6.07) is 13.6. The van der Waals surface area contributed by atoms with Crippen LogP contribution in [0.1, 0.15) is 5.56 Å². The number of pyridine rings is 1. The van der Waals surface area contributed by atoms with Crippen molar-refractivity contribution >= 4 is 28.7 Å². The zero-order valence-electron chi connectivity index (χ0n) is 14.2. The molecule has 0 saturated heterocycles. The van der Waals surface area contributed by atoms with Crippen molar-refractivity contribution < 1.29 is 9.13 Å². The average Bonchev–Trinajstić information content (AvgIpc) is 3.21. The van der Waals surface area contributed by atoms with Gasteiger partial charge in [0.15, 0.2) is 11.6 Å². The van der Waals surface area contributed by atoms with E-state index in [4.69, 9.17) is 15.6 Å². The first-order valence-electron chi connectivity index (χ1n) is 8.12. The molecule has 0 unspecified atom stereocenters. The number of anilines is 1. The van der Waals surface area contributed by atoms with Crippen molar-refractivity contribution in [3.8, 4) is 11.4 Å². The van der Waals surface area contributed by atoms with Crippen molar-refractivity contribution in [1.29, 1.82) is 0 Å². The summed E-state index contributed by atoms with van der Waals surface area (Å²) in [7, 11) is 0. The Morgan fingerprint density at radius 1 is 1.15 bits per heavy atom. The number of halogens is 1. The molecule has 2 aromatic carbocycles.